The van der Waals surface area contributed by atoms with Crippen LogP contribution in [0.1, 0.15) is 18.4 Å². The molecular formula is C17H17NO4. The molecule has 0 aromatic heterocycles. The van der Waals surface area contributed by atoms with E-state index in [1.165, 1.54) is 25.0 Å². The molecule has 0 spiro atoms. The zero-order valence-corrected chi connectivity index (χ0v) is 12.1. The highest BCUT2D eigenvalue weighted by Gasteiger charge is 2.21. The van der Waals surface area contributed by atoms with Crippen molar-refractivity contribution in [1.29, 1.82) is 0 Å². The largest absolute Gasteiger partial charge is 0.493 e. The summed E-state index contributed by atoms with van der Waals surface area (Å²) in [6.07, 6.45) is 2.54. The zero-order chi connectivity index (χ0) is 15.4. The number of rotatable bonds is 7. The van der Waals surface area contributed by atoms with Crippen LogP contribution >= 0.6 is 0 Å². The van der Waals surface area contributed by atoms with Crippen LogP contribution in [0.3, 0.4) is 0 Å². The molecule has 0 heterocycles. The second kappa shape index (κ2) is 6.47. The molecule has 5 heteroatoms. The molecule has 22 heavy (non-hydrogen) atoms. The van der Waals surface area contributed by atoms with Crippen molar-refractivity contribution in [2.45, 2.75) is 19.4 Å². The van der Waals surface area contributed by atoms with Gasteiger partial charge in [-0.05, 0) is 48.6 Å². The number of non-ortho nitro benzene ring substituents is 1. The molecule has 0 atom stereocenters. The molecule has 114 valence electrons. The van der Waals surface area contributed by atoms with E-state index in [9.17, 15) is 10.1 Å². The Morgan fingerprint density at radius 1 is 1.05 bits per heavy atom. The van der Waals surface area contributed by atoms with Crippen molar-refractivity contribution in [3.8, 4) is 11.5 Å². The third-order valence-corrected chi connectivity index (χ3v) is 3.53. The van der Waals surface area contributed by atoms with Crippen LogP contribution in [0, 0.1) is 16.0 Å². The lowest BCUT2D eigenvalue weighted by Crippen LogP contribution is -1.99. The molecule has 5 nitrogen and oxygen atoms in total. The summed E-state index contributed by atoms with van der Waals surface area (Å²) in [6.45, 7) is 1.08. The van der Waals surface area contributed by atoms with Crippen LogP contribution in [-0.2, 0) is 6.61 Å². The Labute approximate surface area is 128 Å². The Kier molecular flexibility index (Phi) is 4.23. The van der Waals surface area contributed by atoms with E-state index in [4.69, 9.17) is 9.47 Å². The molecule has 0 saturated heterocycles. The fourth-order valence-corrected chi connectivity index (χ4v) is 2.06. The number of hydrogen-bond acceptors (Lipinski definition) is 4. The second-order valence-corrected chi connectivity index (χ2v) is 5.44. The average Bonchev–Trinajstić information content (AvgIpc) is 3.36. The Bertz CT molecular complexity index is 650. The highest BCUT2D eigenvalue weighted by atomic mass is 16.6. The molecule has 3 rings (SSSR count). The lowest BCUT2D eigenvalue weighted by Gasteiger charge is -2.08. The lowest BCUT2D eigenvalue weighted by atomic mass is 10.2. The Morgan fingerprint density at radius 3 is 2.36 bits per heavy atom. The van der Waals surface area contributed by atoms with Crippen molar-refractivity contribution < 1.29 is 14.4 Å². The molecule has 1 fully saturated rings. The zero-order valence-electron chi connectivity index (χ0n) is 12.1. The van der Waals surface area contributed by atoms with Crippen LogP contribution in [0.25, 0.3) is 0 Å². The van der Waals surface area contributed by atoms with Crippen LogP contribution in [0.4, 0.5) is 5.69 Å². The number of nitro groups is 1. The van der Waals surface area contributed by atoms with E-state index in [0.29, 0.717) is 12.4 Å². The van der Waals surface area contributed by atoms with Gasteiger partial charge in [0.2, 0.25) is 0 Å². The Morgan fingerprint density at radius 2 is 1.73 bits per heavy atom. The van der Waals surface area contributed by atoms with Crippen LogP contribution in [0.15, 0.2) is 48.5 Å². The van der Waals surface area contributed by atoms with Gasteiger partial charge in [-0.15, -0.1) is 0 Å². The first-order chi connectivity index (χ1) is 10.7. The summed E-state index contributed by atoms with van der Waals surface area (Å²) in [7, 11) is 0. The minimum absolute atomic E-state index is 0.0740. The molecule has 0 unspecified atom stereocenters. The van der Waals surface area contributed by atoms with Crippen LogP contribution in [0.5, 0.6) is 11.5 Å². The van der Waals surface area contributed by atoms with E-state index in [0.717, 1.165) is 23.8 Å². The van der Waals surface area contributed by atoms with Gasteiger partial charge < -0.3 is 9.47 Å². The maximum Gasteiger partial charge on any atom is 0.269 e. The number of hydrogen-bond donors (Lipinski definition) is 0. The first-order valence-electron chi connectivity index (χ1n) is 7.30. The van der Waals surface area contributed by atoms with Crippen molar-refractivity contribution in [3.05, 3.63) is 64.2 Å². The maximum atomic E-state index is 10.7. The summed E-state index contributed by atoms with van der Waals surface area (Å²) in [5, 5.41) is 10.7. The van der Waals surface area contributed by atoms with E-state index >= 15 is 0 Å². The monoisotopic (exact) mass is 299 g/mol. The van der Waals surface area contributed by atoms with Crippen LogP contribution in [0.2, 0.25) is 0 Å². The Hall–Kier alpha value is -2.56. The second-order valence-electron chi connectivity index (χ2n) is 5.44. The van der Waals surface area contributed by atoms with Crippen molar-refractivity contribution in [3.63, 3.8) is 0 Å². The van der Waals surface area contributed by atoms with Crippen molar-refractivity contribution in [1.82, 2.24) is 0 Å². The minimum atomic E-state index is -0.407. The van der Waals surface area contributed by atoms with Crippen LogP contribution < -0.4 is 9.47 Å². The normalized spacial score (nSPS) is 13.6. The smallest absolute Gasteiger partial charge is 0.269 e. The highest BCUT2D eigenvalue weighted by molar-refractivity contribution is 5.35. The summed E-state index contributed by atoms with van der Waals surface area (Å²) in [4.78, 5) is 10.3. The highest BCUT2D eigenvalue weighted by Crippen LogP contribution is 2.30. The maximum absolute atomic E-state index is 10.7. The first-order valence-corrected chi connectivity index (χ1v) is 7.30. The van der Waals surface area contributed by atoms with E-state index in [1.54, 1.807) is 12.1 Å². The van der Waals surface area contributed by atoms with Crippen LogP contribution in [-0.4, -0.2) is 11.5 Å². The molecule has 1 aliphatic rings. The molecule has 1 aliphatic carbocycles. The first kappa shape index (κ1) is 14.4. The van der Waals surface area contributed by atoms with Gasteiger partial charge in [0.15, 0.2) is 0 Å². The topological polar surface area (TPSA) is 61.6 Å². The van der Waals surface area contributed by atoms with E-state index in [-0.39, 0.29) is 5.69 Å². The molecule has 0 aliphatic heterocycles. The minimum Gasteiger partial charge on any atom is -0.493 e. The molecular weight excluding hydrogens is 282 g/mol. The number of ether oxygens (including phenoxy) is 2. The number of nitro benzene ring substituents is 1. The SMILES string of the molecule is O=[N+]([O-])c1cccc(COc2ccc(OCC3CC3)cc2)c1. The predicted octanol–water partition coefficient (Wildman–Crippen LogP) is 3.96. The van der Waals surface area contributed by atoms with Crippen molar-refractivity contribution in [2.75, 3.05) is 6.61 Å². The number of nitrogens with zero attached hydrogens (tertiary/aromatic N) is 1. The Balaban J connectivity index is 1.54. The van der Waals surface area contributed by atoms with E-state index < -0.39 is 4.92 Å². The molecule has 0 bridgehead atoms. The standard InChI is InChI=1S/C17H17NO4/c19-18(20)15-3-1-2-14(10-15)12-22-17-8-6-16(7-9-17)21-11-13-4-5-13/h1-3,6-10,13H,4-5,11-12H2. The van der Waals surface area contributed by atoms with Gasteiger partial charge in [-0.1, -0.05) is 12.1 Å². The molecule has 2 aromatic carbocycles. The predicted molar refractivity (Wildman–Crippen MR) is 82.1 cm³/mol. The summed E-state index contributed by atoms with van der Waals surface area (Å²) in [5.74, 6) is 2.28. The van der Waals surface area contributed by atoms with E-state index in [1.807, 2.05) is 24.3 Å². The molecule has 1 saturated carbocycles. The molecule has 0 amide bonds. The van der Waals surface area contributed by atoms with Gasteiger partial charge in [0.05, 0.1) is 11.5 Å². The molecule has 0 radical (unpaired) electrons. The molecule has 0 N–H and O–H groups in total. The van der Waals surface area contributed by atoms with Gasteiger partial charge in [-0.3, -0.25) is 10.1 Å². The van der Waals surface area contributed by atoms with E-state index in [2.05, 4.69) is 0 Å². The lowest BCUT2D eigenvalue weighted by molar-refractivity contribution is -0.384. The third kappa shape index (κ3) is 3.97. The third-order valence-electron chi connectivity index (χ3n) is 3.53. The van der Waals surface area contributed by atoms with Crippen molar-refractivity contribution in [2.24, 2.45) is 5.92 Å². The van der Waals surface area contributed by atoms with Gasteiger partial charge in [-0.2, -0.15) is 0 Å². The summed E-state index contributed by atoms with van der Waals surface area (Å²) < 4.78 is 11.3. The van der Waals surface area contributed by atoms with Gasteiger partial charge >= 0.3 is 0 Å². The summed E-state index contributed by atoms with van der Waals surface area (Å²) in [6, 6.07) is 13.9. The van der Waals surface area contributed by atoms with Gasteiger partial charge in [0, 0.05) is 12.1 Å². The van der Waals surface area contributed by atoms with Gasteiger partial charge in [-0.25, -0.2) is 0 Å². The summed E-state index contributed by atoms with van der Waals surface area (Å²) >= 11 is 0. The fraction of sp³-hybridized carbons (Fsp3) is 0.294. The fourth-order valence-electron chi connectivity index (χ4n) is 2.06. The average molecular weight is 299 g/mol. The van der Waals surface area contributed by atoms with Gasteiger partial charge in [0.25, 0.3) is 5.69 Å². The quantitative estimate of drug-likeness (QED) is 0.573. The molecule has 2 aromatic rings. The van der Waals surface area contributed by atoms with Crippen molar-refractivity contribution >= 4 is 5.69 Å². The summed E-state index contributed by atoms with van der Waals surface area (Å²) in [5.41, 5.74) is 0.841. The number of benzene rings is 2. The van der Waals surface area contributed by atoms with Gasteiger partial charge in [0.1, 0.15) is 18.1 Å².